The fourth-order valence-corrected chi connectivity index (χ4v) is 2.97. The van der Waals surface area contributed by atoms with E-state index in [0.717, 1.165) is 6.42 Å². The summed E-state index contributed by atoms with van der Waals surface area (Å²) in [5, 5.41) is 0. The van der Waals surface area contributed by atoms with Gasteiger partial charge in [0.05, 0.1) is 21.5 Å². The summed E-state index contributed by atoms with van der Waals surface area (Å²) in [6.07, 6.45) is 1.91. The van der Waals surface area contributed by atoms with Crippen LogP contribution in [0.4, 0.5) is 0 Å². The van der Waals surface area contributed by atoms with Gasteiger partial charge in [-0.2, -0.15) is 8.42 Å². The molecule has 0 N–H and O–H groups in total. The van der Waals surface area contributed by atoms with Crippen molar-refractivity contribution in [2.45, 2.75) is 19.8 Å². The molecule has 0 heterocycles. The fraction of sp³-hybridized carbons (Fsp3) is 0.714. The summed E-state index contributed by atoms with van der Waals surface area (Å²) >= 11 is 0. The van der Waals surface area contributed by atoms with E-state index in [-0.39, 0.29) is 5.75 Å². The number of rotatable bonds is 7. The lowest BCUT2D eigenvalue weighted by Gasteiger charge is -2.02. The highest BCUT2D eigenvalue weighted by atomic mass is 32.2. The Kier molecular flexibility index (Phi) is 6.32. The highest BCUT2D eigenvalue weighted by molar-refractivity contribution is 7.86. The van der Waals surface area contributed by atoms with Gasteiger partial charge < -0.3 is 0 Å². The molecule has 0 aliphatic rings. The number of unbranched alkanes of at least 4 members (excludes halogenated alkanes) is 1. The highest BCUT2D eigenvalue weighted by Gasteiger charge is 2.08. The monoisotopic (exact) mass is 208 g/mol. The average molecular weight is 208 g/mol. The molecule has 0 rings (SSSR count). The normalized spacial score (nSPS) is 12.4. The predicted octanol–water partition coefficient (Wildman–Crippen LogP) is 0.403. The Bertz CT molecular complexity index is 211. The third-order valence-corrected chi connectivity index (χ3v) is 3.79. The van der Waals surface area contributed by atoms with E-state index < -0.39 is 19.6 Å². The summed E-state index contributed by atoms with van der Waals surface area (Å²) in [4.78, 5) is 0. The Balaban J connectivity index is 3.64. The van der Waals surface area contributed by atoms with Gasteiger partial charge in [0, 0.05) is 0 Å². The van der Waals surface area contributed by atoms with E-state index >= 15 is 0 Å². The van der Waals surface area contributed by atoms with Crippen LogP contribution in [0.25, 0.3) is 0 Å². The molecule has 0 aromatic heterocycles. The van der Waals surface area contributed by atoms with Gasteiger partial charge in [-0.15, -0.1) is 12.3 Å². The number of hydrogen-bond acceptors (Lipinski definition) is 3. The van der Waals surface area contributed by atoms with Gasteiger partial charge in [-0.3, -0.25) is 4.18 Å². The van der Waals surface area contributed by atoms with Gasteiger partial charge >= 0.3 is 0 Å². The molecule has 0 saturated heterocycles. The molecule has 0 spiro atoms. The molecule has 72 valence electrons. The van der Waals surface area contributed by atoms with E-state index in [4.69, 9.17) is 4.18 Å². The van der Waals surface area contributed by atoms with E-state index in [1.54, 1.807) is 5.70 Å². The SMILES string of the molecule is C=C[SiH2]COS(=O)(=O)CCCC. The topological polar surface area (TPSA) is 43.4 Å². The average Bonchev–Trinajstić information content (AvgIpc) is 2.01. The summed E-state index contributed by atoms with van der Waals surface area (Å²) in [5.74, 6) is 0.148. The molecule has 0 aliphatic heterocycles. The zero-order chi connectivity index (χ0) is 9.45. The summed E-state index contributed by atoms with van der Waals surface area (Å²) in [7, 11) is -3.75. The molecule has 0 aromatic carbocycles. The Morgan fingerprint density at radius 1 is 1.58 bits per heavy atom. The van der Waals surface area contributed by atoms with Crippen molar-refractivity contribution >= 4 is 19.6 Å². The fourth-order valence-electron chi connectivity index (χ4n) is 0.638. The lowest BCUT2D eigenvalue weighted by molar-refractivity contribution is 0.374. The molecule has 0 bridgehead atoms. The van der Waals surface area contributed by atoms with Crippen LogP contribution in [-0.4, -0.2) is 29.9 Å². The second-order valence-electron chi connectivity index (χ2n) is 2.51. The van der Waals surface area contributed by atoms with E-state index in [1.165, 1.54) is 0 Å². The second kappa shape index (κ2) is 6.39. The minimum atomic E-state index is -3.23. The first-order chi connectivity index (χ1) is 5.62. The van der Waals surface area contributed by atoms with Crippen LogP contribution in [0.3, 0.4) is 0 Å². The van der Waals surface area contributed by atoms with Crippen LogP contribution < -0.4 is 0 Å². The minimum Gasteiger partial charge on any atom is -0.274 e. The zero-order valence-corrected chi connectivity index (χ0v) is 9.68. The molecule has 0 saturated carbocycles. The third-order valence-electron chi connectivity index (χ3n) is 1.33. The standard InChI is InChI=1S/C7H16O3SSi/c1-3-5-6-11(8,9)10-7-12-4-2/h4H,2-3,5-7,12H2,1H3. The van der Waals surface area contributed by atoms with Gasteiger partial charge in [0.2, 0.25) is 0 Å². The van der Waals surface area contributed by atoms with Crippen LogP contribution in [0.1, 0.15) is 19.8 Å². The van der Waals surface area contributed by atoms with Gasteiger partial charge in [-0.05, 0) is 6.42 Å². The molecule has 5 heteroatoms. The van der Waals surface area contributed by atoms with Gasteiger partial charge in [0.15, 0.2) is 0 Å². The van der Waals surface area contributed by atoms with Crippen LogP contribution in [0.2, 0.25) is 0 Å². The smallest absolute Gasteiger partial charge is 0.267 e. The van der Waals surface area contributed by atoms with Crippen molar-refractivity contribution in [3.05, 3.63) is 12.3 Å². The first-order valence-corrected chi connectivity index (χ1v) is 7.49. The van der Waals surface area contributed by atoms with Crippen molar-refractivity contribution in [2.24, 2.45) is 0 Å². The lowest BCUT2D eigenvalue weighted by atomic mass is 10.4. The molecular weight excluding hydrogens is 192 g/mol. The second-order valence-corrected chi connectivity index (χ2v) is 5.84. The Hall–Kier alpha value is -0.133. The maximum atomic E-state index is 11.0. The van der Waals surface area contributed by atoms with Crippen LogP contribution in [0.5, 0.6) is 0 Å². The van der Waals surface area contributed by atoms with Crippen LogP contribution in [0.15, 0.2) is 12.3 Å². The first-order valence-electron chi connectivity index (χ1n) is 4.10. The van der Waals surface area contributed by atoms with Crippen molar-refractivity contribution in [3.63, 3.8) is 0 Å². The molecule has 0 aliphatic carbocycles. The van der Waals surface area contributed by atoms with Crippen molar-refractivity contribution in [1.29, 1.82) is 0 Å². The molecule has 0 unspecified atom stereocenters. The molecule has 0 radical (unpaired) electrons. The molecule has 0 atom stereocenters. The van der Waals surface area contributed by atoms with Gasteiger partial charge in [0.25, 0.3) is 10.1 Å². The highest BCUT2D eigenvalue weighted by Crippen LogP contribution is 1.97. The maximum Gasteiger partial charge on any atom is 0.267 e. The summed E-state index contributed by atoms with van der Waals surface area (Å²) < 4.78 is 26.8. The van der Waals surface area contributed by atoms with Gasteiger partial charge in [-0.1, -0.05) is 13.3 Å². The van der Waals surface area contributed by atoms with E-state index in [2.05, 4.69) is 6.58 Å². The summed E-state index contributed by atoms with van der Waals surface area (Å²) in [6, 6.07) is 0. The lowest BCUT2D eigenvalue weighted by Crippen LogP contribution is -2.13. The van der Waals surface area contributed by atoms with Gasteiger partial charge in [0.1, 0.15) is 0 Å². The van der Waals surface area contributed by atoms with Crippen molar-refractivity contribution in [1.82, 2.24) is 0 Å². The summed E-state index contributed by atoms with van der Waals surface area (Å²) in [6.45, 7) is 5.48. The van der Waals surface area contributed by atoms with E-state index in [0.29, 0.717) is 12.7 Å². The van der Waals surface area contributed by atoms with Crippen molar-refractivity contribution in [2.75, 3.05) is 12.0 Å². The number of hydrogen-bond donors (Lipinski definition) is 0. The Labute approximate surface area is 76.8 Å². The minimum absolute atomic E-state index is 0.148. The molecule has 3 nitrogen and oxygen atoms in total. The molecule has 0 amide bonds. The summed E-state index contributed by atoms with van der Waals surface area (Å²) in [5.41, 5.74) is 1.77. The van der Waals surface area contributed by atoms with Crippen LogP contribution in [0, 0.1) is 0 Å². The van der Waals surface area contributed by atoms with E-state index in [9.17, 15) is 8.42 Å². The zero-order valence-electron chi connectivity index (χ0n) is 7.45. The van der Waals surface area contributed by atoms with E-state index in [1.807, 2.05) is 6.92 Å². The van der Waals surface area contributed by atoms with Gasteiger partial charge in [-0.25, -0.2) is 0 Å². The maximum absolute atomic E-state index is 11.0. The molecule has 0 aromatic rings. The third kappa shape index (κ3) is 6.57. The first kappa shape index (κ1) is 11.9. The molecule has 0 fully saturated rings. The van der Waals surface area contributed by atoms with Crippen molar-refractivity contribution < 1.29 is 12.6 Å². The molecular formula is C7H16O3SSi. The quantitative estimate of drug-likeness (QED) is 0.346. The Morgan fingerprint density at radius 2 is 2.25 bits per heavy atom. The van der Waals surface area contributed by atoms with Crippen molar-refractivity contribution in [3.8, 4) is 0 Å². The van der Waals surface area contributed by atoms with Crippen LogP contribution >= 0.6 is 0 Å². The molecule has 12 heavy (non-hydrogen) atoms. The largest absolute Gasteiger partial charge is 0.274 e. The predicted molar refractivity (Wildman–Crippen MR) is 53.4 cm³/mol. The van der Waals surface area contributed by atoms with Crippen LogP contribution in [-0.2, 0) is 14.3 Å². The Morgan fingerprint density at radius 3 is 2.75 bits per heavy atom.